The van der Waals surface area contributed by atoms with Gasteiger partial charge in [-0.2, -0.15) is 0 Å². The number of carbonyl (C=O) groups excluding carboxylic acids is 1. The van der Waals surface area contributed by atoms with E-state index >= 15 is 0 Å². The van der Waals surface area contributed by atoms with E-state index in [0.29, 0.717) is 0 Å². The monoisotopic (exact) mass is 326 g/mol. The molecule has 0 aliphatic rings. The quantitative estimate of drug-likeness (QED) is 0.838. The Labute approximate surface area is 128 Å². The number of rotatable bonds is 4. The summed E-state index contributed by atoms with van der Waals surface area (Å²) in [7, 11) is 0. The van der Waals surface area contributed by atoms with E-state index in [4.69, 9.17) is 0 Å². The van der Waals surface area contributed by atoms with Gasteiger partial charge in [-0.25, -0.2) is 8.78 Å². The first-order valence-electron chi connectivity index (χ1n) is 6.23. The Morgan fingerprint density at radius 2 is 2.05 bits per heavy atom. The van der Waals surface area contributed by atoms with Crippen LogP contribution in [0.5, 0.6) is 0 Å². The summed E-state index contributed by atoms with van der Waals surface area (Å²) in [5, 5.41) is 9.44. The maximum absolute atomic E-state index is 13.1. The number of nitrogens with one attached hydrogen (secondary N) is 2. The van der Waals surface area contributed by atoms with E-state index in [1.807, 2.05) is 0 Å². The maximum Gasteiger partial charge on any atom is 0.273 e. The third-order valence-corrected chi connectivity index (χ3v) is 3.66. The van der Waals surface area contributed by atoms with Crippen LogP contribution in [-0.2, 0) is 4.79 Å². The highest BCUT2D eigenvalue weighted by molar-refractivity contribution is 8.00. The molecule has 0 spiro atoms. The van der Waals surface area contributed by atoms with Crippen molar-refractivity contribution in [1.29, 1.82) is 0 Å². The van der Waals surface area contributed by atoms with Crippen molar-refractivity contribution in [2.75, 3.05) is 5.32 Å². The number of amides is 1. The molecule has 0 bridgehead atoms. The van der Waals surface area contributed by atoms with Crippen LogP contribution in [0.15, 0.2) is 28.2 Å². The number of halogens is 2. The van der Waals surface area contributed by atoms with Crippen molar-refractivity contribution >= 4 is 23.4 Å². The van der Waals surface area contributed by atoms with Gasteiger partial charge in [-0.15, -0.1) is 10.2 Å². The third-order valence-electron chi connectivity index (χ3n) is 2.68. The molecule has 0 aliphatic carbocycles. The highest BCUT2D eigenvalue weighted by atomic mass is 32.2. The molecule has 0 fully saturated rings. The Balaban J connectivity index is 2.03. The predicted octanol–water partition coefficient (Wildman–Crippen LogP) is 1.87. The van der Waals surface area contributed by atoms with Crippen LogP contribution >= 0.6 is 11.8 Å². The summed E-state index contributed by atoms with van der Waals surface area (Å²) in [5.74, 6) is -2.49. The Hall–Kier alpha value is -2.29. The van der Waals surface area contributed by atoms with Gasteiger partial charge in [0, 0.05) is 11.8 Å². The second-order valence-electron chi connectivity index (χ2n) is 4.42. The first kappa shape index (κ1) is 16.1. The summed E-state index contributed by atoms with van der Waals surface area (Å²) < 4.78 is 25.9. The Morgan fingerprint density at radius 3 is 2.68 bits per heavy atom. The van der Waals surface area contributed by atoms with Crippen molar-refractivity contribution in [3.05, 3.63) is 45.9 Å². The Kier molecular flexibility index (Phi) is 4.86. The lowest BCUT2D eigenvalue weighted by molar-refractivity contribution is -0.115. The number of carbonyl (C=O) groups is 1. The number of nitrogens with zero attached hydrogens (tertiary/aromatic N) is 2. The van der Waals surface area contributed by atoms with Gasteiger partial charge in [-0.1, -0.05) is 11.8 Å². The van der Waals surface area contributed by atoms with Crippen molar-refractivity contribution < 1.29 is 13.6 Å². The molecule has 0 aliphatic heterocycles. The topological polar surface area (TPSA) is 87.7 Å². The number of aryl methyl sites for hydroxylation is 1. The van der Waals surface area contributed by atoms with E-state index in [1.54, 1.807) is 6.92 Å². The van der Waals surface area contributed by atoms with Gasteiger partial charge in [0.1, 0.15) is 5.69 Å². The van der Waals surface area contributed by atoms with Gasteiger partial charge in [-0.05, 0) is 26.0 Å². The van der Waals surface area contributed by atoms with Gasteiger partial charge >= 0.3 is 0 Å². The molecule has 1 unspecified atom stereocenters. The van der Waals surface area contributed by atoms with Crippen LogP contribution in [0.4, 0.5) is 14.5 Å². The van der Waals surface area contributed by atoms with Crippen molar-refractivity contribution in [1.82, 2.24) is 15.2 Å². The van der Waals surface area contributed by atoms with Crippen LogP contribution in [-0.4, -0.2) is 26.3 Å². The standard InChI is InChI=1S/C13H12F2N4O2S/c1-6-11(20)17-13(19-18-6)22-7(2)12(21)16-8-3-4-9(14)10(15)5-8/h3-5,7H,1-2H3,(H,16,21)(H,17,19,20). The fourth-order valence-corrected chi connectivity index (χ4v) is 2.21. The first-order valence-corrected chi connectivity index (χ1v) is 7.11. The summed E-state index contributed by atoms with van der Waals surface area (Å²) in [6.45, 7) is 3.10. The zero-order chi connectivity index (χ0) is 16.3. The minimum atomic E-state index is -1.05. The van der Waals surface area contributed by atoms with Crippen molar-refractivity contribution in [3.63, 3.8) is 0 Å². The molecule has 2 rings (SSSR count). The van der Waals surface area contributed by atoms with Gasteiger partial charge in [-0.3, -0.25) is 14.6 Å². The number of thioether (sulfide) groups is 1. The van der Waals surface area contributed by atoms with E-state index in [1.165, 1.54) is 13.0 Å². The average Bonchev–Trinajstić information content (AvgIpc) is 2.46. The normalized spacial score (nSPS) is 12.0. The first-order chi connectivity index (χ1) is 10.4. The summed E-state index contributed by atoms with van der Waals surface area (Å²) in [6, 6.07) is 3.06. The molecular weight excluding hydrogens is 314 g/mol. The SMILES string of the molecule is Cc1nnc(SC(C)C(=O)Nc2ccc(F)c(F)c2)[nH]c1=O. The lowest BCUT2D eigenvalue weighted by atomic mass is 10.3. The number of hydrogen-bond acceptors (Lipinski definition) is 5. The van der Waals surface area contributed by atoms with E-state index in [-0.39, 0.29) is 22.1 Å². The molecule has 2 N–H and O–H groups in total. The Morgan fingerprint density at radius 1 is 1.32 bits per heavy atom. The lowest BCUT2D eigenvalue weighted by Crippen LogP contribution is -2.23. The molecule has 6 nitrogen and oxygen atoms in total. The number of benzene rings is 1. The van der Waals surface area contributed by atoms with Gasteiger partial charge in [0.15, 0.2) is 16.8 Å². The molecule has 1 amide bonds. The second-order valence-corrected chi connectivity index (χ2v) is 5.75. The molecule has 22 heavy (non-hydrogen) atoms. The molecule has 1 aromatic heterocycles. The van der Waals surface area contributed by atoms with Crippen molar-refractivity contribution in [2.24, 2.45) is 0 Å². The lowest BCUT2D eigenvalue weighted by Gasteiger charge is -2.11. The van der Waals surface area contributed by atoms with E-state index in [0.717, 1.165) is 23.9 Å². The van der Waals surface area contributed by atoms with Crippen LogP contribution < -0.4 is 10.9 Å². The number of anilines is 1. The van der Waals surface area contributed by atoms with E-state index < -0.39 is 22.8 Å². The van der Waals surface area contributed by atoms with Crippen LogP contribution in [0, 0.1) is 18.6 Å². The molecule has 0 saturated heterocycles. The van der Waals surface area contributed by atoms with Crippen molar-refractivity contribution in [3.8, 4) is 0 Å². The molecule has 2 aromatic rings. The van der Waals surface area contributed by atoms with Gasteiger partial charge in [0.2, 0.25) is 5.91 Å². The summed E-state index contributed by atoms with van der Waals surface area (Å²) >= 11 is 0.992. The van der Waals surface area contributed by atoms with Crippen molar-refractivity contribution in [2.45, 2.75) is 24.3 Å². The molecule has 0 radical (unpaired) electrons. The fraction of sp³-hybridized carbons (Fsp3) is 0.231. The summed E-state index contributed by atoms with van der Waals surface area (Å²) in [4.78, 5) is 25.9. The van der Waals surface area contributed by atoms with E-state index in [9.17, 15) is 18.4 Å². The van der Waals surface area contributed by atoms with E-state index in [2.05, 4.69) is 20.5 Å². The zero-order valence-corrected chi connectivity index (χ0v) is 12.5. The molecule has 9 heteroatoms. The van der Waals surface area contributed by atoms with Crippen LogP contribution in [0.1, 0.15) is 12.6 Å². The maximum atomic E-state index is 13.1. The summed E-state index contributed by atoms with van der Waals surface area (Å²) in [6.07, 6.45) is 0. The number of H-pyrrole nitrogens is 1. The molecule has 0 saturated carbocycles. The van der Waals surface area contributed by atoms with Gasteiger partial charge in [0.25, 0.3) is 5.56 Å². The largest absolute Gasteiger partial charge is 0.325 e. The number of hydrogen-bond donors (Lipinski definition) is 2. The average molecular weight is 326 g/mol. The smallest absolute Gasteiger partial charge is 0.273 e. The molecule has 116 valence electrons. The molecular formula is C13H12F2N4O2S. The highest BCUT2D eigenvalue weighted by Crippen LogP contribution is 2.20. The number of aromatic amines is 1. The van der Waals surface area contributed by atoms with Gasteiger partial charge in [0.05, 0.1) is 5.25 Å². The summed E-state index contributed by atoms with van der Waals surface area (Å²) in [5.41, 5.74) is -0.0196. The minimum Gasteiger partial charge on any atom is -0.325 e. The molecule has 1 heterocycles. The van der Waals surface area contributed by atoms with Gasteiger partial charge < -0.3 is 5.32 Å². The van der Waals surface area contributed by atoms with Crippen LogP contribution in [0.3, 0.4) is 0 Å². The highest BCUT2D eigenvalue weighted by Gasteiger charge is 2.17. The molecule has 1 aromatic carbocycles. The second kappa shape index (κ2) is 6.65. The van der Waals surface area contributed by atoms with Crippen LogP contribution in [0.25, 0.3) is 0 Å². The minimum absolute atomic E-state index is 0.139. The fourth-order valence-electron chi connectivity index (χ4n) is 1.47. The predicted molar refractivity (Wildman–Crippen MR) is 77.7 cm³/mol. The number of aromatic nitrogens is 3. The Bertz CT molecular complexity index is 766. The zero-order valence-electron chi connectivity index (χ0n) is 11.7. The van der Waals surface area contributed by atoms with Crippen LogP contribution in [0.2, 0.25) is 0 Å². The third kappa shape index (κ3) is 3.88. The molecule has 1 atom stereocenters.